The zero-order valence-corrected chi connectivity index (χ0v) is 12.9. The van der Waals surface area contributed by atoms with Crippen LogP contribution in [0.3, 0.4) is 0 Å². The van der Waals surface area contributed by atoms with Gasteiger partial charge in [-0.05, 0) is 12.1 Å². The number of amides is 1. The summed E-state index contributed by atoms with van der Waals surface area (Å²) >= 11 is 0. The summed E-state index contributed by atoms with van der Waals surface area (Å²) in [5, 5.41) is 3.18. The molecule has 0 aliphatic heterocycles. The van der Waals surface area contributed by atoms with Crippen molar-refractivity contribution in [1.82, 2.24) is 24.8 Å². The fraction of sp³-hybridized carbons (Fsp3) is 0.250. The summed E-state index contributed by atoms with van der Waals surface area (Å²) in [7, 11) is 0. The maximum Gasteiger partial charge on any atom is 0.328 e. The van der Waals surface area contributed by atoms with Gasteiger partial charge in [0.1, 0.15) is 0 Å². The van der Waals surface area contributed by atoms with Gasteiger partial charge in [-0.25, -0.2) is 9.78 Å². The summed E-state index contributed by atoms with van der Waals surface area (Å²) in [6.45, 7) is 0.499. The van der Waals surface area contributed by atoms with E-state index in [0.29, 0.717) is 23.9 Å². The predicted octanol–water partition coefficient (Wildman–Crippen LogP) is 0.162. The van der Waals surface area contributed by atoms with Crippen LogP contribution in [0.1, 0.15) is 12.1 Å². The fourth-order valence-corrected chi connectivity index (χ4v) is 2.46. The van der Waals surface area contributed by atoms with Gasteiger partial charge >= 0.3 is 5.69 Å². The third-order valence-electron chi connectivity index (χ3n) is 3.72. The van der Waals surface area contributed by atoms with Gasteiger partial charge in [-0.15, -0.1) is 0 Å². The molecule has 124 valence electrons. The van der Waals surface area contributed by atoms with Crippen LogP contribution < -0.4 is 16.6 Å². The molecule has 0 aliphatic rings. The van der Waals surface area contributed by atoms with Crippen LogP contribution >= 0.6 is 0 Å². The van der Waals surface area contributed by atoms with E-state index < -0.39 is 5.69 Å². The third kappa shape index (κ3) is 3.43. The molecule has 8 nitrogen and oxygen atoms in total. The monoisotopic (exact) mass is 327 g/mol. The van der Waals surface area contributed by atoms with Crippen LogP contribution in [0.2, 0.25) is 0 Å². The summed E-state index contributed by atoms with van der Waals surface area (Å²) in [6, 6.07) is 6.79. The molecular weight excluding hydrogens is 310 g/mol. The standard InChI is InChI=1S/C16H17N5O3/c22-14(18-7-5-11-9-17-10-19-11)6-8-21-15(23)12-3-1-2-4-13(12)20-16(21)24/h1-4,9-10H,5-8H2,(H,17,19)(H,18,22)(H,20,24). The van der Waals surface area contributed by atoms with Crippen molar-refractivity contribution in [1.29, 1.82) is 0 Å². The first-order valence-corrected chi connectivity index (χ1v) is 7.61. The van der Waals surface area contributed by atoms with Gasteiger partial charge in [0.2, 0.25) is 5.91 Å². The van der Waals surface area contributed by atoms with Gasteiger partial charge in [0.05, 0.1) is 17.2 Å². The molecule has 24 heavy (non-hydrogen) atoms. The lowest BCUT2D eigenvalue weighted by Crippen LogP contribution is -2.37. The Morgan fingerprint density at radius 2 is 2.08 bits per heavy atom. The number of aromatic amines is 2. The quantitative estimate of drug-likeness (QED) is 0.598. The van der Waals surface area contributed by atoms with Crippen LogP contribution in [0, 0.1) is 0 Å². The maximum absolute atomic E-state index is 12.3. The lowest BCUT2D eigenvalue weighted by atomic mass is 10.2. The van der Waals surface area contributed by atoms with E-state index >= 15 is 0 Å². The zero-order chi connectivity index (χ0) is 16.9. The SMILES string of the molecule is O=C(CCn1c(=O)[nH]c2ccccc2c1=O)NCCc1cnc[nH]1. The smallest absolute Gasteiger partial charge is 0.328 e. The molecule has 0 aliphatic carbocycles. The van der Waals surface area contributed by atoms with Crippen molar-refractivity contribution in [3.63, 3.8) is 0 Å². The minimum atomic E-state index is -0.510. The van der Waals surface area contributed by atoms with E-state index in [1.807, 2.05) is 0 Å². The summed E-state index contributed by atoms with van der Waals surface area (Å²) in [5.74, 6) is -0.214. The number of hydrogen-bond donors (Lipinski definition) is 3. The van der Waals surface area contributed by atoms with Crippen LogP contribution in [0.4, 0.5) is 0 Å². The second-order valence-corrected chi connectivity index (χ2v) is 5.36. The van der Waals surface area contributed by atoms with Crippen LogP contribution in [0.25, 0.3) is 10.9 Å². The number of aromatic nitrogens is 4. The zero-order valence-electron chi connectivity index (χ0n) is 12.9. The number of nitrogens with zero attached hydrogens (tertiary/aromatic N) is 2. The van der Waals surface area contributed by atoms with Crippen molar-refractivity contribution in [2.24, 2.45) is 0 Å². The Bertz CT molecular complexity index is 956. The molecule has 0 atom stereocenters. The highest BCUT2D eigenvalue weighted by Gasteiger charge is 2.09. The minimum absolute atomic E-state index is 0.0366. The number of nitrogens with one attached hydrogen (secondary N) is 3. The van der Waals surface area contributed by atoms with Gasteiger partial charge in [0.15, 0.2) is 0 Å². The van der Waals surface area contributed by atoms with E-state index in [1.54, 1.807) is 36.8 Å². The van der Waals surface area contributed by atoms with Crippen molar-refractivity contribution < 1.29 is 4.79 Å². The molecule has 2 heterocycles. The highest BCUT2D eigenvalue weighted by molar-refractivity contribution is 5.77. The number of imidazole rings is 1. The Hall–Kier alpha value is -3.16. The van der Waals surface area contributed by atoms with E-state index in [9.17, 15) is 14.4 Å². The van der Waals surface area contributed by atoms with Crippen molar-refractivity contribution in [2.75, 3.05) is 6.54 Å². The second-order valence-electron chi connectivity index (χ2n) is 5.36. The first-order valence-electron chi connectivity index (χ1n) is 7.61. The molecule has 0 bridgehead atoms. The average Bonchev–Trinajstić information content (AvgIpc) is 3.08. The average molecular weight is 327 g/mol. The van der Waals surface area contributed by atoms with Crippen molar-refractivity contribution >= 4 is 16.8 Å². The molecule has 3 rings (SSSR count). The molecule has 0 unspecified atom stereocenters. The van der Waals surface area contributed by atoms with E-state index in [-0.39, 0.29) is 24.4 Å². The van der Waals surface area contributed by atoms with E-state index in [4.69, 9.17) is 0 Å². The van der Waals surface area contributed by atoms with E-state index in [2.05, 4.69) is 20.3 Å². The van der Waals surface area contributed by atoms with E-state index in [0.717, 1.165) is 10.3 Å². The molecule has 1 aromatic carbocycles. The number of hydrogen-bond acceptors (Lipinski definition) is 4. The molecule has 8 heteroatoms. The topological polar surface area (TPSA) is 113 Å². The highest BCUT2D eigenvalue weighted by atomic mass is 16.2. The highest BCUT2D eigenvalue weighted by Crippen LogP contribution is 2.03. The molecular formula is C16H17N5O3. The summed E-state index contributed by atoms with van der Waals surface area (Å²) < 4.78 is 1.05. The molecule has 1 amide bonds. The van der Waals surface area contributed by atoms with Crippen molar-refractivity contribution in [2.45, 2.75) is 19.4 Å². The number of carbonyl (C=O) groups excluding carboxylic acids is 1. The van der Waals surface area contributed by atoms with Gasteiger partial charge in [0, 0.05) is 37.8 Å². The molecule has 0 radical (unpaired) electrons. The number of benzene rings is 1. The number of para-hydroxylation sites is 1. The first kappa shape index (κ1) is 15.7. The Morgan fingerprint density at radius 1 is 1.25 bits per heavy atom. The van der Waals surface area contributed by atoms with E-state index in [1.165, 1.54) is 0 Å². The maximum atomic E-state index is 12.3. The third-order valence-corrected chi connectivity index (χ3v) is 3.72. The molecule has 0 saturated carbocycles. The van der Waals surface area contributed by atoms with Gasteiger partial charge in [-0.1, -0.05) is 12.1 Å². The molecule has 0 spiro atoms. The van der Waals surface area contributed by atoms with Gasteiger partial charge in [-0.2, -0.15) is 0 Å². The lowest BCUT2D eigenvalue weighted by molar-refractivity contribution is -0.121. The first-order chi connectivity index (χ1) is 11.6. The fourth-order valence-electron chi connectivity index (χ4n) is 2.46. The number of carbonyl (C=O) groups is 1. The Morgan fingerprint density at radius 3 is 2.88 bits per heavy atom. The summed E-state index contributed by atoms with van der Waals surface area (Å²) in [6.07, 6.45) is 3.97. The molecule has 3 aromatic rings. The van der Waals surface area contributed by atoms with Crippen LogP contribution in [-0.4, -0.2) is 32.0 Å². The van der Waals surface area contributed by atoms with Gasteiger partial charge < -0.3 is 15.3 Å². The normalized spacial score (nSPS) is 10.8. The predicted molar refractivity (Wildman–Crippen MR) is 88.7 cm³/mol. The number of fused-ring (bicyclic) bond motifs is 1. The second kappa shape index (κ2) is 6.95. The summed E-state index contributed by atoms with van der Waals surface area (Å²) in [4.78, 5) is 45.7. The minimum Gasteiger partial charge on any atom is -0.356 e. The Kier molecular flexibility index (Phi) is 4.55. The van der Waals surface area contributed by atoms with Crippen LogP contribution in [-0.2, 0) is 17.8 Å². The number of rotatable bonds is 6. The Labute approximate surface area is 136 Å². The summed E-state index contributed by atoms with van der Waals surface area (Å²) in [5.41, 5.74) is 0.522. The van der Waals surface area contributed by atoms with Crippen LogP contribution in [0.5, 0.6) is 0 Å². The molecule has 3 N–H and O–H groups in total. The van der Waals surface area contributed by atoms with Crippen LogP contribution in [0.15, 0.2) is 46.4 Å². The van der Waals surface area contributed by atoms with Gasteiger partial charge in [-0.3, -0.25) is 14.2 Å². The number of H-pyrrole nitrogens is 2. The lowest BCUT2D eigenvalue weighted by Gasteiger charge is -2.07. The van der Waals surface area contributed by atoms with Crippen molar-refractivity contribution in [3.8, 4) is 0 Å². The van der Waals surface area contributed by atoms with Gasteiger partial charge in [0.25, 0.3) is 5.56 Å². The molecule has 0 saturated heterocycles. The van der Waals surface area contributed by atoms with Crippen molar-refractivity contribution in [3.05, 3.63) is 63.3 Å². The Balaban J connectivity index is 1.62. The molecule has 2 aromatic heterocycles. The molecule has 0 fully saturated rings. The largest absolute Gasteiger partial charge is 0.356 e.